The van der Waals surface area contributed by atoms with Gasteiger partial charge in [0.05, 0.1) is 0 Å². The maximum absolute atomic E-state index is 4.36. The Morgan fingerprint density at radius 2 is 1.76 bits per heavy atom. The fourth-order valence-corrected chi connectivity index (χ4v) is 3.30. The molecule has 2 aromatic carbocycles. The Bertz CT molecular complexity index is 663. The maximum Gasteiger partial charge on any atom is 0.137 e. The van der Waals surface area contributed by atoms with Crippen LogP contribution in [0.4, 0.5) is 0 Å². The van der Waals surface area contributed by atoms with Crippen LogP contribution in [0.25, 0.3) is 11.4 Å². The van der Waals surface area contributed by atoms with Gasteiger partial charge in [-0.2, -0.15) is 11.8 Å². The average Bonchev–Trinajstić information content (AvgIpc) is 3.07. The predicted molar refractivity (Wildman–Crippen MR) is 90.3 cm³/mol. The fourth-order valence-electron chi connectivity index (χ4n) is 2.31. The van der Waals surface area contributed by atoms with E-state index in [0.29, 0.717) is 0 Å². The zero-order valence-corrected chi connectivity index (χ0v) is 12.6. The van der Waals surface area contributed by atoms with Gasteiger partial charge in [0.15, 0.2) is 0 Å². The molecule has 0 radical (unpaired) electrons. The van der Waals surface area contributed by atoms with Gasteiger partial charge in [0.2, 0.25) is 0 Å². The van der Waals surface area contributed by atoms with E-state index in [4.69, 9.17) is 0 Å². The Hall–Kier alpha value is -2.00. The second kappa shape index (κ2) is 7.14. The minimum absolute atomic E-state index is 0.953. The standard InChI is InChI=1S/C18H18N2S/c1-2-6-15(7-3-1)10-13-21-14-16-8-4-5-9-17(16)18-19-11-12-20-18/h1-9,11-12H,10,13-14H2,(H,19,20). The highest BCUT2D eigenvalue weighted by Crippen LogP contribution is 2.24. The lowest BCUT2D eigenvalue weighted by Crippen LogP contribution is -1.92. The van der Waals surface area contributed by atoms with Gasteiger partial charge in [-0.1, -0.05) is 54.6 Å². The highest BCUT2D eigenvalue weighted by Gasteiger charge is 2.06. The van der Waals surface area contributed by atoms with Gasteiger partial charge in [0.25, 0.3) is 0 Å². The minimum Gasteiger partial charge on any atom is -0.345 e. The molecular weight excluding hydrogens is 276 g/mol. The van der Waals surface area contributed by atoms with Crippen molar-refractivity contribution in [3.63, 3.8) is 0 Å². The molecule has 3 rings (SSSR count). The first-order chi connectivity index (χ1) is 10.4. The molecule has 3 heteroatoms. The van der Waals surface area contributed by atoms with Crippen LogP contribution in [0.3, 0.4) is 0 Å². The summed E-state index contributed by atoms with van der Waals surface area (Å²) in [7, 11) is 0. The molecular formula is C18H18N2S. The summed E-state index contributed by atoms with van der Waals surface area (Å²) < 4.78 is 0. The second-order valence-electron chi connectivity index (χ2n) is 4.88. The highest BCUT2D eigenvalue weighted by molar-refractivity contribution is 7.98. The SMILES string of the molecule is c1ccc(CCSCc2ccccc2-c2ncc[nH]2)cc1. The number of hydrogen-bond acceptors (Lipinski definition) is 2. The van der Waals surface area contributed by atoms with Crippen molar-refractivity contribution in [1.29, 1.82) is 0 Å². The van der Waals surface area contributed by atoms with Crippen LogP contribution < -0.4 is 0 Å². The second-order valence-corrected chi connectivity index (χ2v) is 5.99. The van der Waals surface area contributed by atoms with Gasteiger partial charge in [-0.25, -0.2) is 4.98 Å². The van der Waals surface area contributed by atoms with E-state index in [2.05, 4.69) is 64.6 Å². The number of hydrogen-bond donors (Lipinski definition) is 1. The number of nitrogens with zero attached hydrogens (tertiary/aromatic N) is 1. The number of aryl methyl sites for hydroxylation is 1. The number of imidazole rings is 1. The minimum atomic E-state index is 0.953. The van der Waals surface area contributed by atoms with Crippen molar-refractivity contribution in [3.05, 3.63) is 78.1 Å². The molecule has 0 unspecified atom stereocenters. The molecule has 1 N–H and O–H groups in total. The van der Waals surface area contributed by atoms with Gasteiger partial charge in [-0.05, 0) is 23.3 Å². The quantitative estimate of drug-likeness (QED) is 0.675. The summed E-state index contributed by atoms with van der Waals surface area (Å²) in [4.78, 5) is 7.55. The Morgan fingerprint density at radius 3 is 2.57 bits per heavy atom. The van der Waals surface area contributed by atoms with E-state index in [1.807, 2.05) is 18.0 Å². The lowest BCUT2D eigenvalue weighted by Gasteiger charge is -2.07. The van der Waals surface area contributed by atoms with E-state index in [0.717, 1.165) is 23.8 Å². The molecule has 0 bridgehead atoms. The van der Waals surface area contributed by atoms with E-state index in [9.17, 15) is 0 Å². The summed E-state index contributed by atoms with van der Waals surface area (Å²) in [6.45, 7) is 0. The van der Waals surface area contributed by atoms with Crippen LogP contribution in [0.2, 0.25) is 0 Å². The zero-order chi connectivity index (χ0) is 14.3. The molecule has 3 aromatic rings. The third-order valence-electron chi connectivity index (χ3n) is 3.41. The van der Waals surface area contributed by atoms with Gasteiger partial charge in [0, 0.05) is 23.7 Å². The molecule has 0 amide bonds. The van der Waals surface area contributed by atoms with Crippen molar-refractivity contribution in [1.82, 2.24) is 9.97 Å². The zero-order valence-electron chi connectivity index (χ0n) is 11.8. The fraction of sp³-hybridized carbons (Fsp3) is 0.167. The number of thioether (sulfide) groups is 1. The number of H-pyrrole nitrogens is 1. The van der Waals surface area contributed by atoms with Crippen molar-refractivity contribution in [2.75, 3.05) is 5.75 Å². The number of aromatic amines is 1. The number of nitrogens with one attached hydrogen (secondary N) is 1. The molecule has 106 valence electrons. The normalized spacial score (nSPS) is 10.7. The Kier molecular flexibility index (Phi) is 4.74. The van der Waals surface area contributed by atoms with Gasteiger partial charge in [-0.15, -0.1) is 0 Å². The Balaban J connectivity index is 1.59. The third-order valence-corrected chi connectivity index (χ3v) is 4.41. The van der Waals surface area contributed by atoms with Crippen LogP contribution in [0.15, 0.2) is 67.0 Å². The Labute approximate surface area is 129 Å². The first-order valence-corrected chi connectivity index (χ1v) is 8.28. The van der Waals surface area contributed by atoms with Crippen molar-refractivity contribution in [2.24, 2.45) is 0 Å². The average molecular weight is 294 g/mol. The summed E-state index contributed by atoms with van der Waals surface area (Å²) in [5, 5.41) is 0. The Morgan fingerprint density at radius 1 is 0.952 bits per heavy atom. The summed E-state index contributed by atoms with van der Waals surface area (Å²) in [6.07, 6.45) is 4.79. The number of rotatable bonds is 6. The van der Waals surface area contributed by atoms with Crippen LogP contribution in [-0.4, -0.2) is 15.7 Å². The summed E-state index contributed by atoms with van der Waals surface area (Å²) in [5.41, 5.74) is 3.95. The smallest absolute Gasteiger partial charge is 0.137 e. The molecule has 0 saturated heterocycles. The molecule has 1 aromatic heterocycles. The van der Waals surface area contributed by atoms with Crippen LogP contribution in [0.1, 0.15) is 11.1 Å². The van der Waals surface area contributed by atoms with E-state index >= 15 is 0 Å². The number of benzene rings is 2. The van der Waals surface area contributed by atoms with Gasteiger partial charge in [0.1, 0.15) is 5.82 Å². The van der Waals surface area contributed by atoms with Crippen molar-refractivity contribution in [2.45, 2.75) is 12.2 Å². The summed E-state index contributed by atoms with van der Waals surface area (Å²) in [6, 6.07) is 19.1. The van der Waals surface area contributed by atoms with Crippen LogP contribution in [-0.2, 0) is 12.2 Å². The van der Waals surface area contributed by atoms with Gasteiger partial charge in [-0.3, -0.25) is 0 Å². The van der Waals surface area contributed by atoms with Crippen molar-refractivity contribution >= 4 is 11.8 Å². The van der Waals surface area contributed by atoms with E-state index in [1.165, 1.54) is 16.7 Å². The molecule has 21 heavy (non-hydrogen) atoms. The monoisotopic (exact) mass is 294 g/mol. The van der Waals surface area contributed by atoms with E-state index in [1.54, 1.807) is 6.20 Å². The van der Waals surface area contributed by atoms with E-state index < -0.39 is 0 Å². The maximum atomic E-state index is 4.36. The molecule has 0 atom stereocenters. The largest absolute Gasteiger partial charge is 0.345 e. The van der Waals surface area contributed by atoms with Crippen LogP contribution in [0, 0.1) is 0 Å². The topological polar surface area (TPSA) is 28.7 Å². The summed E-state index contributed by atoms with van der Waals surface area (Å²) in [5.74, 6) is 3.11. The molecule has 0 fully saturated rings. The van der Waals surface area contributed by atoms with Crippen molar-refractivity contribution < 1.29 is 0 Å². The molecule has 1 heterocycles. The first kappa shape index (κ1) is 14.0. The molecule has 0 aliphatic heterocycles. The molecule has 0 aliphatic rings. The lowest BCUT2D eigenvalue weighted by atomic mass is 10.1. The molecule has 0 saturated carbocycles. The van der Waals surface area contributed by atoms with Crippen LogP contribution >= 0.6 is 11.8 Å². The summed E-state index contributed by atoms with van der Waals surface area (Å²) >= 11 is 1.97. The molecule has 0 spiro atoms. The number of aromatic nitrogens is 2. The van der Waals surface area contributed by atoms with Gasteiger partial charge >= 0.3 is 0 Å². The van der Waals surface area contributed by atoms with Gasteiger partial charge < -0.3 is 4.98 Å². The van der Waals surface area contributed by atoms with Crippen molar-refractivity contribution in [3.8, 4) is 11.4 Å². The highest BCUT2D eigenvalue weighted by atomic mass is 32.2. The van der Waals surface area contributed by atoms with E-state index in [-0.39, 0.29) is 0 Å². The van der Waals surface area contributed by atoms with Crippen LogP contribution in [0.5, 0.6) is 0 Å². The lowest BCUT2D eigenvalue weighted by molar-refractivity contribution is 1.15. The molecule has 2 nitrogen and oxygen atoms in total. The third kappa shape index (κ3) is 3.76. The molecule has 0 aliphatic carbocycles. The predicted octanol–water partition coefficient (Wildman–Crippen LogP) is 4.55. The first-order valence-electron chi connectivity index (χ1n) is 7.13.